The normalized spacial score (nSPS) is 15.2. The van der Waals surface area contributed by atoms with Gasteiger partial charge in [-0.05, 0) is 0 Å². The Labute approximate surface area is 114 Å². The lowest BCUT2D eigenvalue weighted by molar-refractivity contribution is -0.585. The quantitative estimate of drug-likeness (QED) is 0.422. The van der Waals surface area contributed by atoms with Crippen LogP contribution in [0.25, 0.3) is 5.70 Å². The van der Waals surface area contributed by atoms with Gasteiger partial charge < -0.3 is 10.6 Å². The Bertz CT molecular complexity index is 615. The number of amides is 1. The third-order valence-corrected chi connectivity index (χ3v) is 3.40. The first kappa shape index (κ1) is 13.2. The minimum Gasteiger partial charge on any atom is -0.398 e. The number of nitrogens with two attached hydrogens (primary N) is 2. The second kappa shape index (κ2) is 5.19. The summed E-state index contributed by atoms with van der Waals surface area (Å²) in [6.07, 6.45) is 3.86. The van der Waals surface area contributed by atoms with E-state index in [1.54, 1.807) is 9.95 Å². The van der Waals surface area contributed by atoms with Crippen LogP contribution in [0.2, 0.25) is 0 Å². The summed E-state index contributed by atoms with van der Waals surface area (Å²) in [6, 6.07) is 0. The fourth-order valence-electron chi connectivity index (χ4n) is 1.83. The van der Waals surface area contributed by atoms with Crippen LogP contribution < -0.4 is 16.0 Å². The van der Waals surface area contributed by atoms with E-state index in [9.17, 15) is 4.79 Å². The van der Waals surface area contributed by atoms with Gasteiger partial charge in [0.05, 0.1) is 6.08 Å². The second-order valence-electron chi connectivity index (χ2n) is 4.00. The minimum absolute atomic E-state index is 0.0471. The van der Waals surface area contributed by atoms with Crippen molar-refractivity contribution in [2.45, 2.75) is 0 Å². The van der Waals surface area contributed by atoms with E-state index in [0.717, 1.165) is 5.70 Å². The Morgan fingerprint density at radius 3 is 2.84 bits per heavy atom. The number of anilines is 1. The zero-order valence-corrected chi connectivity index (χ0v) is 11.5. The molecule has 1 aliphatic rings. The molecule has 0 radical (unpaired) electrons. The number of primary amides is 1. The largest absolute Gasteiger partial charge is 0.398 e. The lowest BCUT2D eigenvalue weighted by atomic mass is 10.2. The first-order valence-corrected chi connectivity index (χ1v) is 6.37. The smallest absolute Gasteiger partial charge is 0.337 e. The van der Waals surface area contributed by atoms with Crippen LogP contribution in [-0.2, 0) is 9.63 Å². The number of allylic oxidation sites excluding steroid dienone is 1. The van der Waals surface area contributed by atoms with Crippen molar-refractivity contribution in [1.82, 2.24) is 0 Å². The molecule has 0 bridgehead atoms. The van der Waals surface area contributed by atoms with Gasteiger partial charge in [0.15, 0.2) is 17.6 Å². The van der Waals surface area contributed by atoms with Crippen molar-refractivity contribution in [1.29, 1.82) is 0 Å². The average Bonchev–Trinajstić information content (AvgIpc) is 2.92. The zero-order chi connectivity index (χ0) is 14.0. The molecule has 1 aliphatic heterocycles. The predicted molar refractivity (Wildman–Crippen MR) is 73.1 cm³/mol. The number of carbonyl (C=O) groups excluding carboxylic acids is 1. The monoisotopic (exact) mass is 281 g/mol. The van der Waals surface area contributed by atoms with E-state index in [4.69, 9.17) is 11.5 Å². The van der Waals surface area contributed by atoms with Crippen LogP contribution in [0, 0.1) is 0 Å². The van der Waals surface area contributed by atoms with Crippen LogP contribution in [0.1, 0.15) is 5.69 Å². The van der Waals surface area contributed by atoms with Crippen molar-refractivity contribution in [2.75, 3.05) is 26.4 Å². The van der Waals surface area contributed by atoms with Crippen molar-refractivity contribution in [3.8, 4) is 0 Å². The number of aromatic nitrogens is 1. The molecule has 0 spiro atoms. The van der Waals surface area contributed by atoms with E-state index >= 15 is 0 Å². The standard InChI is InChI=1S/C11H13N5O2S/c1-15-4-3-7(5-15)16-8(6-19-11(16)13)9(10(12)17)14-18-2/h3-4,6,13H,5H2,1-2H3,(H-,12,17)/p+2/b14-9-. The summed E-state index contributed by atoms with van der Waals surface area (Å²) in [6.45, 7) is 0.692. The summed E-state index contributed by atoms with van der Waals surface area (Å²) in [5.41, 5.74) is 12.8. The van der Waals surface area contributed by atoms with E-state index in [0.29, 0.717) is 17.4 Å². The maximum Gasteiger partial charge on any atom is 0.337 e. The first-order chi connectivity index (χ1) is 9.04. The van der Waals surface area contributed by atoms with Crippen LogP contribution in [0.4, 0.5) is 5.13 Å². The van der Waals surface area contributed by atoms with Crippen LogP contribution in [-0.4, -0.2) is 43.1 Å². The summed E-state index contributed by atoms with van der Waals surface area (Å²) >= 11 is 1.31. The number of likely N-dealkylation sites (N-methyl/N-ethyl adjacent to an activating group) is 1. The number of nitrogens with zero attached hydrogens (tertiary/aromatic N) is 3. The van der Waals surface area contributed by atoms with Crippen LogP contribution in [0.3, 0.4) is 0 Å². The lowest BCUT2D eigenvalue weighted by Gasteiger charge is -2.03. The van der Waals surface area contributed by atoms with Gasteiger partial charge in [-0.1, -0.05) is 16.5 Å². The molecule has 0 aliphatic carbocycles. The fourth-order valence-corrected chi connectivity index (χ4v) is 2.60. The highest BCUT2D eigenvalue weighted by atomic mass is 32.1. The minimum atomic E-state index is -0.663. The molecule has 0 saturated heterocycles. The highest BCUT2D eigenvalue weighted by Gasteiger charge is 2.29. The summed E-state index contributed by atoms with van der Waals surface area (Å²) in [5, 5.41) is 5.96. The SMILES string of the molecule is CO/N=C(\C(N)=O)c1csc(N)[n+]1C1=CC=[N+](C)C1. The molecule has 100 valence electrons. The van der Waals surface area contributed by atoms with E-state index in [1.807, 2.05) is 23.9 Å². The zero-order valence-electron chi connectivity index (χ0n) is 10.7. The summed E-state index contributed by atoms with van der Waals surface area (Å²) in [4.78, 5) is 16.1. The van der Waals surface area contributed by atoms with Gasteiger partial charge in [-0.15, -0.1) is 0 Å². The topological polar surface area (TPSA) is 97.6 Å². The molecule has 0 saturated carbocycles. The summed E-state index contributed by atoms with van der Waals surface area (Å²) in [5.74, 6) is -0.663. The Balaban J connectivity index is 2.49. The van der Waals surface area contributed by atoms with Gasteiger partial charge in [0.2, 0.25) is 12.3 Å². The van der Waals surface area contributed by atoms with Crippen LogP contribution in [0.5, 0.6) is 0 Å². The van der Waals surface area contributed by atoms with E-state index in [1.165, 1.54) is 18.4 Å². The summed E-state index contributed by atoms with van der Waals surface area (Å²) < 4.78 is 3.76. The second-order valence-corrected chi connectivity index (χ2v) is 4.89. The van der Waals surface area contributed by atoms with E-state index in [2.05, 4.69) is 9.99 Å². The Morgan fingerprint density at radius 2 is 2.32 bits per heavy atom. The number of oxime groups is 1. The highest BCUT2D eigenvalue weighted by molar-refractivity contribution is 7.13. The predicted octanol–water partition coefficient (Wildman–Crippen LogP) is -0.979. The fraction of sp³-hybridized carbons (Fsp3) is 0.273. The van der Waals surface area contributed by atoms with Crippen molar-refractivity contribution >= 4 is 40.0 Å². The molecule has 7 nitrogen and oxygen atoms in total. The van der Waals surface area contributed by atoms with Gasteiger partial charge in [-0.25, -0.2) is 4.58 Å². The third-order valence-electron chi connectivity index (χ3n) is 2.63. The number of hydrogen-bond donors (Lipinski definition) is 2. The lowest BCUT2D eigenvalue weighted by Crippen LogP contribution is -2.43. The number of nitrogen functional groups attached to an aromatic ring is 1. The van der Waals surface area contributed by atoms with Crippen molar-refractivity contribution in [2.24, 2.45) is 10.9 Å². The average molecular weight is 281 g/mol. The number of thiazole rings is 1. The molecule has 0 unspecified atom stereocenters. The molecule has 2 rings (SSSR count). The Morgan fingerprint density at radius 1 is 1.58 bits per heavy atom. The summed E-state index contributed by atoms with van der Waals surface area (Å²) in [7, 11) is 3.31. The highest BCUT2D eigenvalue weighted by Crippen LogP contribution is 2.15. The number of rotatable bonds is 4. The molecule has 8 heteroatoms. The van der Waals surface area contributed by atoms with Crippen molar-refractivity contribution < 1.29 is 18.8 Å². The Hall–Kier alpha value is -2.22. The number of carbonyl (C=O) groups is 1. The molecule has 1 aromatic rings. The molecule has 0 aromatic carbocycles. The van der Waals surface area contributed by atoms with Crippen molar-refractivity contribution in [3.63, 3.8) is 0 Å². The molecule has 4 N–H and O–H groups in total. The van der Waals surface area contributed by atoms with Gasteiger partial charge >= 0.3 is 5.13 Å². The molecule has 2 heterocycles. The first-order valence-electron chi connectivity index (χ1n) is 5.49. The van der Waals surface area contributed by atoms with Gasteiger partial charge in [0.1, 0.15) is 14.2 Å². The van der Waals surface area contributed by atoms with Gasteiger partial charge in [0.25, 0.3) is 5.91 Å². The molecule has 0 atom stereocenters. The number of hydrogen-bond acceptors (Lipinski definition) is 5. The molecule has 19 heavy (non-hydrogen) atoms. The van der Waals surface area contributed by atoms with Crippen LogP contribution in [0.15, 0.2) is 16.6 Å². The maximum atomic E-state index is 11.5. The Kier molecular flexibility index (Phi) is 3.61. The molecule has 1 amide bonds. The van der Waals surface area contributed by atoms with E-state index in [-0.39, 0.29) is 5.71 Å². The maximum absolute atomic E-state index is 11.5. The third kappa shape index (κ3) is 2.48. The van der Waals surface area contributed by atoms with Gasteiger partial charge in [-0.2, -0.15) is 4.57 Å². The molecule has 0 fully saturated rings. The molecular formula is C11H15N5O2S+2. The van der Waals surface area contributed by atoms with Crippen molar-refractivity contribution in [3.05, 3.63) is 17.2 Å². The van der Waals surface area contributed by atoms with E-state index < -0.39 is 5.91 Å². The molecule has 1 aromatic heterocycles. The van der Waals surface area contributed by atoms with Gasteiger partial charge in [0, 0.05) is 5.38 Å². The van der Waals surface area contributed by atoms with Gasteiger partial charge in [-0.3, -0.25) is 10.5 Å². The van der Waals surface area contributed by atoms with Crippen LogP contribution >= 0.6 is 11.3 Å². The molecular weight excluding hydrogens is 266 g/mol.